The molecule has 0 amide bonds. The highest BCUT2D eigenvalue weighted by Gasteiger charge is 2.14. The highest BCUT2D eigenvalue weighted by atomic mass is 32.1. The molecule has 0 aromatic carbocycles. The normalized spacial score (nSPS) is 15.4. The van der Waals surface area contributed by atoms with Gasteiger partial charge in [0, 0.05) is 11.1 Å². The number of rotatable bonds is 5. The predicted molar refractivity (Wildman–Crippen MR) is 60.5 cm³/mol. The number of aliphatic hydroxyl groups excluding tert-OH is 1. The van der Waals surface area contributed by atoms with Crippen molar-refractivity contribution in [1.82, 2.24) is 4.98 Å². The second kappa shape index (κ2) is 5.47. The van der Waals surface area contributed by atoms with E-state index in [-0.39, 0.29) is 6.10 Å². The molecule has 0 fully saturated rings. The van der Waals surface area contributed by atoms with Crippen molar-refractivity contribution in [2.45, 2.75) is 46.1 Å². The summed E-state index contributed by atoms with van der Waals surface area (Å²) in [5, 5.41) is 12.7. The molecule has 0 radical (unpaired) electrons. The fourth-order valence-electron chi connectivity index (χ4n) is 1.62. The summed E-state index contributed by atoms with van der Waals surface area (Å²) in [4.78, 5) is 4.29. The van der Waals surface area contributed by atoms with Crippen molar-refractivity contribution < 1.29 is 5.11 Å². The van der Waals surface area contributed by atoms with Crippen molar-refractivity contribution in [3.63, 3.8) is 0 Å². The minimum absolute atomic E-state index is 0.366. The van der Waals surface area contributed by atoms with E-state index in [1.807, 2.05) is 12.3 Å². The van der Waals surface area contributed by atoms with Crippen LogP contribution in [0.2, 0.25) is 0 Å². The second-order valence-electron chi connectivity index (χ2n) is 3.97. The van der Waals surface area contributed by atoms with Gasteiger partial charge in [0.1, 0.15) is 11.1 Å². The third-order valence-corrected chi connectivity index (χ3v) is 3.39. The molecule has 2 nitrogen and oxygen atoms in total. The number of thiazole rings is 1. The molecule has 1 aromatic rings. The van der Waals surface area contributed by atoms with E-state index in [1.165, 1.54) is 12.8 Å². The van der Waals surface area contributed by atoms with Crippen LogP contribution in [0, 0.1) is 12.8 Å². The van der Waals surface area contributed by atoms with Crippen LogP contribution >= 0.6 is 11.3 Å². The van der Waals surface area contributed by atoms with Gasteiger partial charge in [-0.15, -0.1) is 11.3 Å². The maximum atomic E-state index is 9.88. The summed E-state index contributed by atoms with van der Waals surface area (Å²) in [6, 6.07) is 0. The van der Waals surface area contributed by atoms with Crippen molar-refractivity contribution in [2.75, 3.05) is 0 Å². The van der Waals surface area contributed by atoms with Crippen molar-refractivity contribution in [1.29, 1.82) is 0 Å². The van der Waals surface area contributed by atoms with Crippen molar-refractivity contribution in [3.05, 3.63) is 16.1 Å². The van der Waals surface area contributed by atoms with Crippen LogP contribution in [0.25, 0.3) is 0 Å². The molecule has 80 valence electrons. The number of nitrogens with zero attached hydrogens (tertiary/aromatic N) is 1. The van der Waals surface area contributed by atoms with Gasteiger partial charge in [0.05, 0.1) is 0 Å². The summed E-state index contributed by atoms with van der Waals surface area (Å²) >= 11 is 1.56. The van der Waals surface area contributed by atoms with Crippen molar-refractivity contribution >= 4 is 11.3 Å². The molecule has 0 aliphatic carbocycles. The molecule has 2 atom stereocenters. The first-order valence-electron chi connectivity index (χ1n) is 5.23. The van der Waals surface area contributed by atoms with E-state index >= 15 is 0 Å². The highest BCUT2D eigenvalue weighted by Crippen LogP contribution is 2.25. The van der Waals surface area contributed by atoms with Crippen molar-refractivity contribution in [2.24, 2.45) is 5.92 Å². The topological polar surface area (TPSA) is 33.1 Å². The minimum atomic E-state index is -0.366. The number of hydrogen-bond acceptors (Lipinski definition) is 3. The molecule has 14 heavy (non-hydrogen) atoms. The highest BCUT2D eigenvalue weighted by molar-refractivity contribution is 7.09. The van der Waals surface area contributed by atoms with Gasteiger partial charge in [-0.2, -0.15) is 0 Å². The van der Waals surface area contributed by atoms with E-state index in [4.69, 9.17) is 0 Å². The second-order valence-corrected chi connectivity index (χ2v) is 4.86. The molecule has 0 aliphatic rings. The van der Waals surface area contributed by atoms with Crippen LogP contribution in [0.4, 0.5) is 0 Å². The lowest BCUT2D eigenvalue weighted by atomic mass is 9.99. The Hall–Kier alpha value is -0.410. The third-order valence-electron chi connectivity index (χ3n) is 2.33. The smallest absolute Gasteiger partial charge is 0.121 e. The van der Waals surface area contributed by atoms with Gasteiger partial charge in [0.2, 0.25) is 0 Å². The zero-order valence-electron chi connectivity index (χ0n) is 9.16. The fourth-order valence-corrected chi connectivity index (χ4v) is 2.41. The Morgan fingerprint density at radius 3 is 2.79 bits per heavy atom. The molecule has 1 aromatic heterocycles. The number of hydrogen-bond donors (Lipinski definition) is 1. The number of aliphatic hydroxyl groups is 1. The third kappa shape index (κ3) is 3.39. The molecular formula is C11H19NOS. The van der Waals surface area contributed by atoms with Gasteiger partial charge in [0.15, 0.2) is 0 Å². The zero-order valence-corrected chi connectivity index (χ0v) is 9.97. The summed E-state index contributed by atoms with van der Waals surface area (Å²) in [6.07, 6.45) is 2.84. The Labute approximate surface area is 90.0 Å². The molecule has 3 heteroatoms. The molecule has 0 aliphatic heterocycles. The van der Waals surface area contributed by atoms with Crippen LogP contribution in [0.3, 0.4) is 0 Å². The largest absolute Gasteiger partial charge is 0.386 e. The summed E-state index contributed by atoms with van der Waals surface area (Å²) in [5.74, 6) is 0.583. The Morgan fingerprint density at radius 2 is 2.29 bits per heavy atom. The number of aromatic nitrogens is 1. The Morgan fingerprint density at radius 1 is 1.57 bits per heavy atom. The molecular weight excluding hydrogens is 194 g/mol. The molecule has 0 saturated heterocycles. The van der Waals surface area contributed by atoms with E-state index in [0.29, 0.717) is 5.92 Å². The molecule has 1 rings (SSSR count). The monoisotopic (exact) mass is 213 g/mol. The fraction of sp³-hybridized carbons (Fsp3) is 0.727. The van der Waals surface area contributed by atoms with Crippen LogP contribution in [0.15, 0.2) is 5.38 Å². The van der Waals surface area contributed by atoms with E-state index in [9.17, 15) is 5.11 Å². The Bertz CT molecular complexity index is 272. The summed E-state index contributed by atoms with van der Waals surface area (Å²) in [6.45, 7) is 6.33. The maximum Gasteiger partial charge on any atom is 0.121 e. The average molecular weight is 213 g/mol. The molecule has 1 N–H and O–H groups in total. The molecule has 0 bridgehead atoms. The van der Waals surface area contributed by atoms with Gasteiger partial charge in [-0.1, -0.05) is 26.7 Å². The standard InChI is InChI=1S/C11H19NOS/c1-4-5-8(2)6-10(13)11-12-9(3)7-14-11/h7-8,10,13H,4-6H2,1-3H3. The van der Waals surface area contributed by atoms with Gasteiger partial charge < -0.3 is 5.11 Å². The van der Waals surface area contributed by atoms with E-state index in [2.05, 4.69) is 18.8 Å². The first-order valence-corrected chi connectivity index (χ1v) is 6.11. The van der Waals surface area contributed by atoms with Gasteiger partial charge in [-0.25, -0.2) is 4.98 Å². The van der Waals surface area contributed by atoms with E-state index in [1.54, 1.807) is 11.3 Å². The Balaban J connectivity index is 2.45. The summed E-state index contributed by atoms with van der Waals surface area (Å²) in [7, 11) is 0. The van der Waals surface area contributed by atoms with Gasteiger partial charge in [-0.05, 0) is 19.3 Å². The minimum Gasteiger partial charge on any atom is -0.386 e. The lowest BCUT2D eigenvalue weighted by Gasteiger charge is -2.13. The van der Waals surface area contributed by atoms with Crippen LogP contribution in [-0.4, -0.2) is 10.1 Å². The predicted octanol–water partition coefficient (Wildman–Crippen LogP) is 3.31. The van der Waals surface area contributed by atoms with Crippen LogP contribution in [0.1, 0.15) is 49.9 Å². The lowest BCUT2D eigenvalue weighted by Crippen LogP contribution is -2.04. The number of aryl methyl sites for hydroxylation is 1. The van der Waals surface area contributed by atoms with Crippen LogP contribution in [-0.2, 0) is 0 Å². The molecule has 0 spiro atoms. The molecule has 0 saturated carbocycles. The zero-order chi connectivity index (χ0) is 10.6. The summed E-state index contributed by atoms with van der Waals surface area (Å²) < 4.78 is 0. The first-order chi connectivity index (χ1) is 6.63. The SMILES string of the molecule is CCCC(C)CC(O)c1nc(C)cs1. The quantitative estimate of drug-likeness (QED) is 0.814. The van der Waals surface area contributed by atoms with Crippen LogP contribution < -0.4 is 0 Å². The summed E-state index contributed by atoms with van der Waals surface area (Å²) in [5.41, 5.74) is 1.01. The van der Waals surface area contributed by atoms with Gasteiger partial charge >= 0.3 is 0 Å². The first kappa shape index (κ1) is 11.7. The van der Waals surface area contributed by atoms with Crippen LogP contribution in [0.5, 0.6) is 0 Å². The maximum absolute atomic E-state index is 9.88. The van der Waals surface area contributed by atoms with E-state index in [0.717, 1.165) is 17.1 Å². The van der Waals surface area contributed by atoms with E-state index < -0.39 is 0 Å². The van der Waals surface area contributed by atoms with Crippen molar-refractivity contribution in [3.8, 4) is 0 Å². The lowest BCUT2D eigenvalue weighted by molar-refractivity contribution is 0.144. The molecule has 1 heterocycles. The molecule has 2 unspecified atom stereocenters. The Kier molecular flexibility index (Phi) is 4.55. The van der Waals surface area contributed by atoms with Gasteiger partial charge in [0.25, 0.3) is 0 Å². The average Bonchev–Trinajstić information content (AvgIpc) is 2.52. The van der Waals surface area contributed by atoms with Gasteiger partial charge in [-0.3, -0.25) is 0 Å².